The van der Waals surface area contributed by atoms with Crippen molar-refractivity contribution >= 4 is 29.9 Å². The molecule has 1 heterocycles. The van der Waals surface area contributed by atoms with Crippen molar-refractivity contribution in [2.75, 3.05) is 13.7 Å². The number of ether oxygens (including phenoxy) is 2. The van der Waals surface area contributed by atoms with Crippen LogP contribution >= 0.6 is 24.0 Å². The number of guanidine groups is 1. The second-order valence-corrected chi connectivity index (χ2v) is 6.97. The Morgan fingerprint density at radius 3 is 2.69 bits per heavy atom. The fraction of sp³-hybridized carbons (Fsp3) is 0.524. The molecule has 1 aromatic carbocycles. The number of halogens is 1. The topological polar surface area (TPSA) is 72.7 Å². The third-order valence-electron chi connectivity index (χ3n) is 4.98. The van der Waals surface area contributed by atoms with Crippen molar-refractivity contribution in [2.45, 2.75) is 51.8 Å². The molecule has 0 unspecified atom stereocenters. The van der Waals surface area contributed by atoms with Gasteiger partial charge in [0, 0.05) is 25.4 Å². The summed E-state index contributed by atoms with van der Waals surface area (Å²) in [7, 11) is 3.62. The molecule has 0 amide bonds. The van der Waals surface area contributed by atoms with Crippen molar-refractivity contribution in [3.05, 3.63) is 41.7 Å². The molecule has 3 rings (SSSR count). The van der Waals surface area contributed by atoms with Crippen LogP contribution in [0.25, 0.3) is 0 Å². The molecule has 2 aromatic rings. The van der Waals surface area contributed by atoms with E-state index in [1.807, 2.05) is 29.9 Å². The zero-order chi connectivity index (χ0) is 19.8. The van der Waals surface area contributed by atoms with E-state index in [9.17, 15) is 0 Å². The average Bonchev–Trinajstić information content (AvgIpc) is 3.36. The number of para-hydroxylation sites is 1. The second-order valence-electron chi connectivity index (χ2n) is 6.97. The number of aromatic nitrogens is 2. The van der Waals surface area contributed by atoms with Crippen molar-refractivity contribution in [3.63, 3.8) is 0 Å². The monoisotopic (exact) mass is 513 g/mol. The van der Waals surface area contributed by atoms with E-state index in [0.29, 0.717) is 13.1 Å². The standard InChI is InChI=1S/C21H31N5O2.HI/c1-4-22-21(24-15-17-12-13-25-26(17)2)23-14-16-8-7-11-19(27-3)20(16)28-18-9-5-6-10-18;/h7-8,11-13,18H,4-6,9-10,14-15H2,1-3H3,(H2,22,23,24);1H. The van der Waals surface area contributed by atoms with Gasteiger partial charge in [0.1, 0.15) is 0 Å². The lowest BCUT2D eigenvalue weighted by molar-refractivity contribution is 0.198. The molecule has 1 saturated carbocycles. The third kappa shape index (κ3) is 6.52. The fourth-order valence-corrected chi connectivity index (χ4v) is 3.41. The van der Waals surface area contributed by atoms with Crippen molar-refractivity contribution in [1.82, 2.24) is 20.4 Å². The van der Waals surface area contributed by atoms with Gasteiger partial charge < -0.3 is 20.1 Å². The van der Waals surface area contributed by atoms with Gasteiger partial charge in [-0.25, -0.2) is 4.99 Å². The molecule has 1 fully saturated rings. The maximum atomic E-state index is 6.31. The summed E-state index contributed by atoms with van der Waals surface area (Å²) >= 11 is 0. The smallest absolute Gasteiger partial charge is 0.191 e. The van der Waals surface area contributed by atoms with Crippen LogP contribution < -0.4 is 20.1 Å². The van der Waals surface area contributed by atoms with Crippen LogP contribution in [0.2, 0.25) is 0 Å². The number of methoxy groups -OCH3 is 1. The molecule has 0 aliphatic heterocycles. The number of nitrogens with zero attached hydrogens (tertiary/aromatic N) is 3. The molecule has 7 nitrogen and oxygen atoms in total. The number of aryl methyl sites for hydroxylation is 1. The summed E-state index contributed by atoms with van der Waals surface area (Å²) in [5, 5.41) is 10.9. The number of hydrogen-bond acceptors (Lipinski definition) is 4. The SMILES string of the molecule is CCNC(=NCc1cccc(OC)c1OC1CCCC1)NCc1ccnn1C.I. The summed E-state index contributed by atoms with van der Waals surface area (Å²) in [4.78, 5) is 4.75. The highest BCUT2D eigenvalue weighted by atomic mass is 127. The first-order valence-electron chi connectivity index (χ1n) is 10.0. The van der Waals surface area contributed by atoms with Gasteiger partial charge in [-0.1, -0.05) is 12.1 Å². The molecule has 8 heteroatoms. The normalized spacial score (nSPS) is 14.4. The third-order valence-corrected chi connectivity index (χ3v) is 4.98. The molecule has 29 heavy (non-hydrogen) atoms. The Kier molecular flexibility index (Phi) is 9.56. The van der Waals surface area contributed by atoms with Crippen molar-refractivity contribution in [3.8, 4) is 11.5 Å². The van der Waals surface area contributed by atoms with E-state index in [-0.39, 0.29) is 30.1 Å². The van der Waals surface area contributed by atoms with Gasteiger partial charge in [-0.2, -0.15) is 5.10 Å². The quantitative estimate of drug-likeness (QED) is 0.321. The highest BCUT2D eigenvalue weighted by molar-refractivity contribution is 14.0. The molecule has 160 valence electrons. The Labute approximate surface area is 190 Å². The number of hydrogen-bond donors (Lipinski definition) is 2. The van der Waals surface area contributed by atoms with Crippen molar-refractivity contribution < 1.29 is 9.47 Å². The maximum Gasteiger partial charge on any atom is 0.191 e. The van der Waals surface area contributed by atoms with Crippen LogP contribution in [-0.2, 0) is 20.1 Å². The maximum absolute atomic E-state index is 6.31. The van der Waals surface area contributed by atoms with Crippen LogP contribution in [0.5, 0.6) is 11.5 Å². The Hall–Kier alpha value is -1.97. The van der Waals surface area contributed by atoms with Crippen molar-refractivity contribution in [1.29, 1.82) is 0 Å². The number of nitrogens with one attached hydrogen (secondary N) is 2. The molecule has 0 spiro atoms. The lowest BCUT2D eigenvalue weighted by atomic mass is 10.1. The molecule has 1 aliphatic rings. The van der Waals surface area contributed by atoms with Crippen LogP contribution in [-0.4, -0.2) is 35.5 Å². The van der Waals surface area contributed by atoms with Gasteiger partial charge in [0.15, 0.2) is 17.5 Å². The Bertz CT molecular complexity index is 787. The predicted molar refractivity (Wildman–Crippen MR) is 126 cm³/mol. The Morgan fingerprint density at radius 1 is 1.24 bits per heavy atom. The van der Waals surface area contributed by atoms with E-state index in [0.717, 1.165) is 48.1 Å². The van der Waals surface area contributed by atoms with Gasteiger partial charge in [0.25, 0.3) is 0 Å². The summed E-state index contributed by atoms with van der Waals surface area (Å²) < 4.78 is 13.7. The van der Waals surface area contributed by atoms with Gasteiger partial charge in [0.2, 0.25) is 0 Å². The van der Waals surface area contributed by atoms with E-state index in [2.05, 4.69) is 28.7 Å². The molecule has 0 atom stereocenters. The lowest BCUT2D eigenvalue weighted by Gasteiger charge is -2.19. The zero-order valence-electron chi connectivity index (χ0n) is 17.5. The predicted octanol–water partition coefficient (Wildman–Crippen LogP) is 3.62. The summed E-state index contributed by atoms with van der Waals surface area (Å²) in [5.41, 5.74) is 2.13. The van der Waals surface area contributed by atoms with Gasteiger partial charge in [-0.05, 0) is 44.7 Å². The summed E-state index contributed by atoms with van der Waals surface area (Å²) in [6.45, 7) is 4.02. The van der Waals surface area contributed by atoms with Crippen LogP contribution in [0.15, 0.2) is 35.5 Å². The molecular weight excluding hydrogens is 481 g/mol. The highest BCUT2D eigenvalue weighted by Gasteiger charge is 2.20. The fourth-order valence-electron chi connectivity index (χ4n) is 3.41. The molecule has 0 saturated heterocycles. The van der Waals surface area contributed by atoms with Gasteiger partial charge in [0.05, 0.1) is 32.0 Å². The van der Waals surface area contributed by atoms with Crippen LogP contribution in [0.3, 0.4) is 0 Å². The molecule has 1 aromatic heterocycles. The summed E-state index contributed by atoms with van der Waals surface area (Å²) in [6.07, 6.45) is 6.75. The summed E-state index contributed by atoms with van der Waals surface area (Å²) in [5.74, 6) is 2.36. The van der Waals surface area contributed by atoms with Crippen LogP contribution in [0, 0.1) is 0 Å². The average molecular weight is 513 g/mol. The van der Waals surface area contributed by atoms with Gasteiger partial charge in [-0.15, -0.1) is 24.0 Å². The van der Waals surface area contributed by atoms with Gasteiger partial charge >= 0.3 is 0 Å². The first-order valence-corrected chi connectivity index (χ1v) is 10.0. The van der Waals surface area contributed by atoms with E-state index in [1.54, 1.807) is 13.3 Å². The molecular formula is C21H32IN5O2. The number of benzene rings is 1. The van der Waals surface area contributed by atoms with E-state index >= 15 is 0 Å². The number of rotatable bonds is 8. The number of aliphatic imine (C=N–C) groups is 1. The molecule has 1 aliphatic carbocycles. The highest BCUT2D eigenvalue weighted by Crippen LogP contribution is 2.35. The van der Waals surface area contributed by atoms with Crippen molar-refractivity contribution in [2.24, 2.45) is 12.0 Å². The van der Waals surface area contributed by atoms with E-state index in [4.69, 9.17) is 14.5 Å². The van der Waals surface area contributed by atoms with Crippen LogP contribution in [0.4, 0.5) is 0 Å². The second kappa shape index (κ2) is 11.9. The largest absolute Gasteiger partial charge is 0.493 e. The van der Waals surface area contributed by atoms with Crippen LogP contribution in [0.1, 0.15) is 43.9 Å². The zero-order valence-corrected chi connectivity index (χ0v) is 19.8. The minimum atomic E-state index is 0. The molecule has 0 radical (unpaired) electrons. The Balaban J connectivity index is 0.00000300. The Morgan fingerprint density at radius 2 is 2.03 bits per heavy atom. The molecule has 0 bridgehead atoms. The first-order chi connectivity index (χ1) is 13.7. The lowest BCUT2D eigenvalue weighted by Crippen LogP contribution is -2.37. The minimum absolute atomic E-state index is 0. The minimum Gasteiger partial charge on any atom is -0.493 e. The first kappa shape index (κ1) is 23.3. The summed E-state index contributed by atoms with van der Waals surface area (Å²) in [6, 6.07) is 7.98. The van der Waals surface area contributed by atoms with E-state index < -0.39 is 0 Å². The van der Waals surface area contributed by atoms with E-state index in [1.165, 1.54) is 12.8 Å². The molecule has 2 N–H and O–H groups in total. The van der Waals surface area contributed by atoms with Gasteiger partial charge in [-0.3, -0.25) is 4.68 Å².